The quantitative estimate of drug-likeness (QED) is 0.772. The topological polar surface area (TPSA) is 95.6 Å². The maximum Gasteiger partial charge on any atom is 0.240 e. The van der Waals surface area contributed by atoms with Crippen molar-refractivity contribution in [2.45, 2.75) is 29.8 Å². The molecule has 1 aromatic rings. The van der Waals surface area contributed by atoms with Crippen molar-refractivity contribution in [3.63, 3.8) is 0 Å². The van der Waals surface area contributed by atoms with E-state index in [2.05, 4.69) is 10.0 Å². The van der Waals surface area contributed by atoms with Crippen LogP contribution in [-0.4, -0.2) is 56.7 Å². The van der Waals surface area contributed by atoms with Gasteiger partial charge in [0.1, 0.15) is 0 Å². The molecule has 0 aromatic heterocycles. The Morgan fingerprint density at radius 2 is 2.00 bits per heavy atom. The van der Waals surface area contributed by atoms with E-state index in [-0.39, 0.29) is 29.2 Å². The molecular formula is C15H19N3O4S. The number of likely N-dealkylation sites (tertiary alicyclic amines) is 1. The number of rotatable bonds is 4. The Balaban J connectivity index is 1.60. The Bertz CT molecular complexity index is 705. The molecule has 2 saturated heterocycles. The van der Waals surface area contributed by atoms with Crippen LogP contribution in [0.15, 0.2) is 35.2 Å². The zero-order chi connectivity index (χ0) is 16.4. The fourth-order valence-corrected chi connectivity index (χ4v) is 4.21. The molecule has 2 heterocycles. The number of carbonyl (C=O) groups is 2. The number of nitrogens with zero attached hydrogens (tertiary/aromatic N) is 1. The summed E-state index contributed by atoms with van der Waals surface area (Å²) in [5, 5.41) is 3.04. The number of nitrogens with one attached hydrogen (secondary N) is 2. The lowest BCUT2D eigenvalue weighted by atomic mass is 10.1. The van der Waals surface area contributed by atoms with Crippen LogP contribution in [0.25, 0.3) is 0 Å². The van der Waals surface area contributed by atoms with Gasteiger partial charge in [-0.15, -0.1) is 0 Å². The van der Waals surface area contributed by atoms with Crippen molar-refractivity contribution in [2.75, 3.05) is 19.6 Å². The number of amides is 1. The summed E-state index contributed by atoms with van der Waals surface area (Å²) in [6.45, 7) is 1.01. The van der Waals surface area contributed by atoms with Crippen molar-refractivity contribution in [3.05, 3.63) is 30.3 Å². The van der Waals surface area contributed by atoms with E-state index in [0.717, 1.165) is 0 Å². The molecule has 8 heteroatoms. The molecule has 2 aliphatic rings. The van der Waals surface area contributed by atoms with Gasteiger partial charge in [-0.1, -0.05) is 18.2 Å². The first-order valence-corrected chi connectivity index (χ1v) is 9.05. The molecule has 0 radical (unpaired) electrons. The Labute approximate surface area is 135 Å². The Kier molecular flexibility index (Phi) is 4.47. The summed E-state index contributed by atoms with van der Waals surface area (Å²) < 4.78 is 27.2. The lowest BCUT2D eigenvalue weighted by molar-refractivity contribution is -0.133. The molecule has 0 saturated carbocycles. The van der Waals surface area contributed by atoms with Gasteiger partial charge < -0.3 is 10.2 Å². The van der Waals surface area contributed by atoms with Gasteiger partial charge in [0.25, 0.3) is 0 Å². The number of hydrogen-bond donors (Lipinski definition) is 2. The first-order valence-electron chi connectivity index (χ1n) is 7.57. The van der Waals surface area contributed by atoms with Crippen molar-refractivity contribution >= 4 is 21.7 Å². The van der Waals surface area contributed by atoms with Gasteiger partial charge in [-0.2, -0.15) is 0 Å². The van der Waals surface area contributed by atoms with Crippen LogP contribution in [0.1, 0.15) is 12.8 Å². The molecule has 1 amide bonds. The first kappa shape index (κ1) is 16.1. The second-order valence-corrected chi connectivity index (χ2v) is 7.59. The van der Waals surface area contributed by atoms with E-state index in [1.54, 1.807) is 18.2 Å². The average Bonchev–Trinajstić information content (AvgIpc) is 3.16. The number of carbonyl (C=O) groups excluding carboxylic acids is 2. The minimum Gasteiger partial charge on any atom is -0.334 e. The molecule has 2 N–H and O–H groups in total. The van der Waals surface area contributed by atoms with Crippen LogP contribution in [0.4, 0.5) is 0 Å². The lowest BCUT2D eigenvalue weighted by Crippen LogP contribution is -2.42. The number of hydrogen-bond acceptors (Lipinski definition) is 5. The Morgan fingerprint density at radius 3 is 2.65 bits per heavy atom. The maximum absolute atomic E-state index is 12.3. The first-order chi connectivity index (χ1) is 11.0. The highest BCUT2D eigenvalue weighted by Gasteiger charge is 2.36. The van der Waals surface area contributed by atoms with Gasteiger partial charge in [-0.05, 0) is 18.6 Å². The van der Waals surface area contributed by atoms with Crippen LogP contribution in [0.3, 0.4) is 0 Å². The van der Waals surface area contributed by atoms with Crippen molar-refractivity contribution in [1.29, 1.82) is 0 Å². The second-order valence-electron chi connectivity index (χ2n) is 5.88. The fraction of sp³-hybridized carbons (Fsp3) is 0.467. The van der Waals surface area contributed by atoms with E-state index < -0.39 is 16.1 Å². The molecule has 0 aliphatic carbocycles. The second kappa shape index (κ2) is 6.38. The lowest BCUT2D eigenvalue weighted by Gasteiger charge is -2.19. The number of sulfonamides is 1. The maximum atomic E-state index is 12.3. The van der Waals surface area contributed by atoms with E-state index in [1.807, 2.05) is 0 Å². The molecule has 124 valence electrons. The molecule has 0 spiro atoms. The smallest absolute Gasteiger partial charge is 0.240 e. The number of ketones is 1. The standard InChI is InChI=1S/C15H19N3O4S/c19-12-6-7-18(10-12)15(20)14-8-11(9-16-14)17-23(21,22)13-4-2-1-3-5-13/h1-5,11,14,16-17H,6-10H2/t11-,14-/m0/s1. The summed E-state index contributed by atoms with van der Waals surface area (Å²) in [7, 11) is -3.59. The minimum absolute atomic E-state index is 0.0673. The van der Waals surface area contributed by atoms with Crippen LogP contribution in [0, 0.1) is 0 Å². The third-order valence-electron chi connectivity index (χ3n) is 4.14. The normalized spacial score (nSPS) is 25.0. The van der Waals surface area contributed by atoms with Crippen molar-refractivity contribution in [2.24, 2.45) is 0 Å². The SMILES string of the molecule is O=C1CCN(C(=O)[C@@H]2C[C@H](NS(=O)(=O)c3ccccc3)CN2)C1. The highest BCUT2D eigenvalue weighted by molar-refractivity contribution is 7.89. The molecule has 2 fully saturated rings. The summed E-state index contributed by atoms with van der Waals surface area (Å²) in [5.41, 5.74) is 0. The van der Waals surface area contributed by atoms with Crippen molar-refractivity contribution in [3.8, 4) is 0 Å². The van der Waals surface area contributed by atoms with Crippen LogP contribution in [0.2, 0.25) is 0 Å². The van der Waals surface area contributed by atoms with Gasteiger partial charge >= 0.3 is 0 Å². The van der Waals surface area contributed by atoms with E-state index in [4.69, 9.17) is 0 Å². The van der Waals surface area contributed by atoms with Crippen molar-refractivity contribution < 1.29 is 18.0 Å². The predicted molar refractivity (Wildman–Crippen MR) is 83.2 cm³/mol. The highest BCUT2D eigenvalue weighted by atomic mass is 32.2. The number of benzene rings is 1. The fourth-order valence-electron chi connectivity index (χ4n) is 2.94. The summed E-state index contributed by atoms with van der Waals surface area (Å²) in [6, 6.07) is 7.36. The molecule has 0 bridgehead atoms. The molecule has 7 nitrogen and oxygen atoms in total. The molecule has 2 atom stereocenters. The molecule has 1 aromatic carbocycles. The van der Waals surface area contributed by atoms with Crippen LogP contribution < -0.4 is 10.0 Å². The van der Waals surface area contributed by atoms with Crippen molar-refractivity contribution in [1.82, 2.24) is 14.9 Å². The zero-order valence-corrected chi connectivity index (χ0v) is 13.4. The van der Waals surface area contributed by atoms with E-state index in [0.29, 0.717) is 25.9 Å². The summed E-state index contributed by atoms with van der Waals surface area (Å²) in [5.74, 6) is -0.0602. The third-order valence-corrected chi connectivity index (χ3v) is 5.68. The van der Waals surface area contributed by atoms with Gasteiger partial charge in [0.2, 0.25) is 15.9 Å². The minimum atomic E-state index is -3.59. The van der Waals surface area contributed by atoms with Gasteiger partial charge in [0, 0.05) is 25.6 Å². The van der Waals surface area contributed by atoms with E-state index in [9.17, 15) is 18.0 Å². The highest BCUT2D eigenvalue weighted by Crippen LogP contribution is 2.16. The Hall–Kier alpha value is -1.77. The van der Waals surface area contributed by atoms with Crippen LogP contribution in [-0.2, 0) is 19.6 Å². The largest absolute Gasteiger partial charge is 0.334 e. The van der Waals surface area contributed by atoms with Crippen LogP contribution >= 0.6 is 0 Å². The molecule has 2 aliphatic heterocycles. The van der Waals surface area contributed by atoms with Gasteiger partial charge in [-0.3, -0.25) is 9.59 Å². The average molecular weight is 337 g/mol. The summed E-state index contributed by atoms with van der Waals surface area (Å²) >= 11 is 0. The van der Waals surface area contributed by atoms with Gasteiger partial charge in [0.15, 0.2) is 5.78 Å². The summed E-state index contributed by atoms with van der Waals surface area (Å²) in [6.07, 6.45) is 0.790. The molecule has 23 heavy (non-hydrogen) atoms. The van der Waals surface area contributed by atoms with E-state index >= 15 is 0 Å². The monoisotopic (exact) mass is 337 g/mol. The Morgan fingerprint density at radius 1 is 1.26 bits per heavy atom. The third kappa shape index (κ3) is 3.60. The van der Waals surface area contributed by atoms with Gasteiger partial charge in [0.05, 0.1) is 17.5 Å². The van der Waals surface area contributed by atoms with E-state index in [1.165, 1.54) is 17.0 Å². The zero-order valence-electron chi connectivity index (χ0n) is 12.6. The predicted octanol–water partition coefficient (Wildman–Crippen LogP) is -0.503. The molecule has 0 unspecified atom stereocenters. The summed E-state index contributed by atoms with van der Waals surface area (Å²) in [4.78, 5) is 25.3. The molecule has 3 rings (SSSR count). The van der Waals surface area contributed by atoms with Crippen LogP contribution in [0.5, 0.6) is 0 Å². The number of Topliss-reactive ketones (excluding diaryl/α,β-unsaturated/α-hetero) is 1. The molecular weight excluding hydrogens is 318 g/mol. The van der Waals surface area contributed by atoms with Gasteiger partial charge in [-0.25, -0.2) is 13.1 Å².